The Morgan fingerprint density at radius 3 is 2.68 bits per heavy atom. The van der Waals surface area contributed by atoms with E-state index < -0.39 is 0 Å². The van der Waals surface area contributed by atoms with Crippen molar-refractivity contribution >= 4 is 5.96 Å². The summed E-state index contributed by atoms with van der Waals surface area (Å²) in [6.45, 7) is 9.07. The van der Waals surface area contributed by atoms with Crippen LogP contribution in [0.4, 0.5) is 0 Å². The molecular weight excluding hydrogens is 316 g/mol. The van der Waals surface area contributed by atoms with E-state index in [2.05, 4.69) is 28.5 Å². The highest BCUT2D eigenvalue weighted by atomic mass is 16.5. The van der Waals surface area contributed by atoms with Crippen molar-refractivity contribution in [2.75, 3.05) is 39.4 Å². The maximum Gasteiger partial charge on any atom is 0.191 e. The average Bonchev–Trinajstić information content (AvgIpc) is 3.28. The van der Waals surface area contributed by atoms with Gasteiger partial charge >= 0.3 is 0 Å². The topological polar surface area (TPSA) is 62.0 Å². The SMILES string of the molecule is CCNC(=NCC(c1ccc(C)o1)N1CCOCC1)NC1CCCC1. The number of morpholine rings is 1. The molecule has 0 bridgehead atoms. The second-order valence-electron chi connectivity index (χ2n) is 6.96. The molecule has 1 unspecified atom stereocenters. The molecule has 2 N–H and O–H groups in total. The number of aryl methyl sites for hydroxylation is 1. The highest BCUT2D eigenvalue weighted by molar-refractivity contribution is 5.80. The molecule has 1 aromatic heterocycles. The normalized spacial score (nSPS) is 21.4. The monoisotopic (exact) mass is 348 g/mol. The Morgan fingerprint density at radius 1 is 1.28 bits per heavy atom. The molecule has 0 aromatic carbocycles. The minimum Gasteiger partial charge on any atom is -0.465 e. The van der Waals surface area contributed by atoms with Crippen molar-refractivity contribution in [2.45, 2.75) is 51.6 Å². The lowest BCUT2D eigenvalue weighted by Gasteiger charge is -2.32. The van der Waals surface area contributed by atoms with Crippen LogP contribution >= 0.6 is 0 Å². The molecule has 0 spiro atoms. The van der Waals surface area contributed by atoms with Gasteiger partial charge in [-0.1, -0.05) is 12.8 Å². The summed E-state index contributed by atoms with van der Waals surface area (Å²) in [4.78, 5) is 7.31. The van der Waals surface area contributed by atoms with Crippen LogP contribution in [-0.4, -0.2) is 56.3 Å². The molecule has 140 valence electrons. The smallest absolute Gasteiger partial charge is 0.191 e. The van der Waals surface area contributed by atoms with Crippen LogP contribution in [0.15, 0.2) is 21.5 Å². The van der Waals surface area contributed by atoms with Gasteiger partial charge in [-0.2, -0.15) is 0 Å². The van der Waals surface area contributed by atoms with Crippen molar-refractivity contribution in [1.29, 1.82) is 0 Å². The molecule has 1 aliphatic heterocycles. The zero-order chi connectivity index (χ0) is 17.5. The summed E-state index contributed by atoms with van der Waals surface area (Å²) in [5.74, 6) is 2.88. The third kappa shape index (κ3) is 5.22. The first-order valence-corrected chi connectivity index (χ1v) is 9.69. The molecule has 6 heteroatoms. The van der Waals surface area contributed by atoms with Crippen LogP contribution < -0.4 is 10.6 Å². The van der Waals surface area contributed by atoms with Crippen molar-refractivity contribution in [2.24, 2.45) is 4.99 Å². The Morgan fingerprint density at radius 2 is 2.04 bits per heavy atom. The highest BCUT2D eigenvalue weighted by Crippen LogP contribution is 2.24. The Labute approximate surface area is 151 Å². The van der Waals surface area contributed by atoms with E-state index in [1.54, 1.807) is 0 Å². The zero-order valence-electron chi connectivity index (χ0n) is 15.6. The number of aliphatic imine (C=N–C) groups is 1. The molecule has 3 rings (SSSR count). The lowest BCUT2D eigenvalue weighted by molar-refractivity contribution is 0.0135. The van der Waals surface area contributed by atoms with E-state index in [-0.39, 0.29) is 6.04 Å². The second kappa shape index (κ2) is 9.25. The third-order valence-corrected chi connectivity index (χ3v) is 5.04. The van der Waals surface area contributed by atoms with Crippen molar-refractivity contribution in [3.05, 3.63) is 23.7 Å². The molecule has 1 saturated carbocycles. The number of furan rings is 1. The molecule has 0 amide bonds. The third-order valence-electron chi connectivity index (χ3n) is 5.04. The number of hydrogen-bond donors (Lipinski definition) is 2. The van der Waals surface area contributed by atoms with Gasteiger partial charge < -0.3 is 19.8 Å². The van der Waals surface area contributed by atoms with E-state index >= 15 is 0 Å². The summed E-state index contributed by atoms with van der Waals surface area (Å²) in [6.07, 6.45) is 5.13. The minimum atomic E-state index is 0.164. The van der Waals surface area contributed by atoms with E-state index in [1.165, 1.54) is 25.7 Å². The Hall–Kier alpha value is -1.53. The fraction of sp³-hybridized carbons (Fsp3) is 0.737. The first-order valence-electron chi connectivity index (χ1n) is 9.69. The summed E-state index contributed by atoms with van der Waals surface area (Å²) in [7, 11) is 0. The van der Waals surface area contributed by atoms with Crippen LogP contribution in [0.25, 0.3) is 0 Å². The fourth-order valence-electron chi connectivity index (χ4n) is 3.67. The van der Waals surface area contributed by atoms with Crippen LogP contribution in [0.1, 0.15) is 50.2 Å². The molecule has 0 radical (unpaired) electrons. The van der Waals surface area contributed by atoms with Gasteiger partial charge in [-0.25, -0.2) is 0 Å². The molecule has 2 fully saturated rings. The summed E-state index contributed by atoms with van der Waals surface area (Å²) in [5.41, 5.74) is 0. The standard InChI is InChI=1S/C19H32N4O2/c1-3-20-19(22-16-6-4-5-7-16)21-14-17(18-9-8-15(2)25-18)23-10-12-24-13-11-23/h8-9,16-17H,3-7,10-14H2,1-2H3,(H2,20,21,22). The molecule has 1 aliphatic carbocycles. The van der Waals surface area contributed by atoms with Crippen LogP contribution in [-0.2, 0) is 4.74 Å². The van der Waals surface area contributed by atoms with Gasteiger partial charge in [0.15, 0.2) is 5.96 Å². The van der Waals surface area contributed by atoms with Gasteiger partial charge in [-0.05, 0) is 38.8 Å². The van der Waals surface area contributed by atoms with Gasteiger partial charge in [-0.3, -0.25) is 9.89 Å². The van der Waals surface area contributed by atoms with Crippen LogP contribution in [0.2, 0.25) is 0 Å². The van der Waals surface area contributed by atoms with Gasteiger partial charge in [0.25, 0.3) is 0 Å². The lowest BCUT2D eigenvalue weighted by Crippen LogP contribution is -2.44. The summed E-state index contributed by atoms with van der Waals surface area (Å²) in [6, 6.07) is 4.85. The van der Waals surface area contributed by atoms with E-state index in [1.807, 2.05) is 13.0 Å². The highest BCUT2D eigenvalue weighted by Gasteiger charge is 2.25. The van der Waals surface area contributed by atoms with Crippen LogP contribution in [0, 0.1) is 6.92 Å². The van der Waals surface area contributed by atoms with Crippen molar-refractivity contribution in [1.82, 2.24) is 15.5 Å². The number of rotatable bonds is 6. The predicted octanol–water partition coefficient (Wildman–Crippen LogP) is 2.46. The van der Waals surface area contributed by atoms with Crippen molar-refractivity contribution in [3.8, 4) is 0 Å². The predicted molar refractivity (Wildman–Crippen MR) is 99.9 cm³/mol. The quantitative estimate of drug-likeness (QED) is 0.611. The first kappa shape index (κ1) is 18.3. The molecule has 25 heavy (non-hydrogen) atoms. The number of nitrogens with one attached hydrogen (secondary N) is 2. The van der Waals surface area contributed by atoms with Crippen molar-refractivity contribution < 1.29 is 9.15 Å². The molecule has 1 aromatic rings. The number of nitrogens with zero attached hydrogens (tertiary/aromatic N) is 2. The summed E-state index contributed by atoms with van der Waals surface area (Å²) < 4.78 is 11.4. The summed E-state index contributed by atoms with van der Waals surface area (Å²) >= 11 is 0. The number of hydrogen-bond acceptors (Lipinski definition) is 4. The minimum absolute atomic E-state index is 0.164. The zero-order valence-corrected chi connectivity index (χ0v) is 15.6. The second-order valence-corrected chi connectivity index (χ2v) is 6.96. The van der Waals surface area contributed by atoms with Crippen molar-refractivity contribution in [3.63, 3.8) is 0 Å². The van der Waals surface area contributed by atoms with Gasteiger partial charge in [0.2, 0.25) is 0 Å². The summed E-state index contributed by atoms with van der Waals surface area (Å²) in [5, 5.41) is 6.99. The Balaban J connectivity index is 1.70. The van der Waals surface area contributed by atoms with Crippen LogP contribution in [0.3, 0.4) is 0 Å². The van der Waals surface area contributed by atoms with Gasteiger partial charge in [0.1, 0.15) is 11.5 Å². The number of guanidine groups is 1. The molecule has 6 nitrogen and oxygen atoms in total. The van der Waals surface area contributed by atoms with E-state index in [4.69, 9.17) is 14.1 Å². The molecule has 2 aliphatic rings. The Kier molecular flexibility index (Phi) is 6.76. The van der Waals surface area contributed by atoms with E-state index in [0.29, 0.717) is 12.6 Å². The largest absolute Gasteiger partial charge is 0.465 e. The molecule has 2 heterocycles. The van der Waals surface area contributed by atoms with Crippen LogP contribution in [0.5, 0.6) is 0 Å². The van der Waals surface area contributed by atoms with E-state index in [9.17, 15) is 0 Å². The first-order chi connectivity index (χ1) is 12.3. The van der Waals surface area contributed by atoms with Gasteiger partial charge in [0.05, 0.1) is 25.8 Å². The molecule has 1 atom stereocenters. The maximum atomic E-state index is 5.93. The fourth-order valence-corrected chi connectivity index (χ4v) is 3.67. The number of ether oxygens (including phenoxy) is 1. The lowest BCUT2D eigenvalue weighted by atomic mass is 10.1. The van der Waals surface area contributed by atoms with Gasteiger partial charge in [0, 0.05) is 25.7 Å². The molecular formula is C19H32N4O2. The average molecular weight is 348 g/mol. The van der Waals surface area contributed by atoms with E-state index in [0.717, 1.165) is 50.3 Å². The maximum absolute atomic E-state index is 5.93. The molecule has 1 saturated heterocycles. The Bertz CT molecular complexity index is 545. The van der Waals surface area contributed by atoms with Gasteiger partial charge in [-0.15, -0.1) is 0 Å².